The van der Waals surface area contributed by atoms with Crippen molar-refractivity contribution in [3.05, 3.63) is 16.6 Å². The first kappa shape index (κ1) is 8.69. The number of aliphatic imine (C=N–C) groups is 1. The van der Waals surface area contributed by atoms with Crippen molar-refractivity contribution >= 4 is 17.2 Å². The summed E-state index contributed by atoms with van der Waals surface area (Å²) in [5, 5.41) is 3.14. The van der Waals surface area contributed by atoms with Gasteiger partial charge in [-0.2, -0.15) is 0 Å². The summed E-state index contributed by atoms with van der Waals surface area (Å²) in [7, 11) is 0. The van der Waals surface area contributed by atoms with E-state index < -0.39 is 0 Å². The fourth-order valence-corrected chi connectivity index (χ4v) is 1.77. The Morgan fingerprint density at radius 2 is 2.54 bits per heavy atom. The minimum absolute atomic E-state index is 0.594. The number of hydrogen-bond acceptors (Lipinski definition) is 3. The van der Waals surface area contributed by atoms with E-state index in [1.807, 2.05) is 11.6 Å². The van der Waals surface area contributed by atoms with Gasteiger partial charge >= 0.3 is 0 Å². The molecule has 1 aromatic rings. The first-order valence-corrected chi connectivity index (χ1v) is 5.42. The fourth-order valence-electron chi connectivity index (χ4n) is 1.17. The average Bonchev–Trinajstić information content (AvgIpc) is 2.86. The summed E-state index contributed by atoms with van der Waals surface area (Å²) < 4.78 is 0. The molecular weight excluding hydrogens is 182 g/mol. The quantitative estimate of drug-likeness (QED) is 0.584. The minimum atomic E-state index is 0.594. The molecule has 1 heterocycles. The molecule has 1 aliphatic rings. The molecule has 13 heavy (non-hydrogen) atoms. The van der Waals surface area contributed by atoms with Crippen molar-refractivity contribution < 1.29 is 0 Å². The monoisotopic (exact) mass is 195 g/mol. The highest BCUT2D eigenvalue weighted by molar-refractivity contribution is 7.09. The molecule has 0 atom stereocenters. The molecule has 1 aliphatic carbocycles. The Hall–Kier alpha value is -0.900. The van der Waals surface area contributed by atoms with Crippen LogP contribution in [0.3, 0.4) is 0 Å². The molecule has 3 nitrogen and oxygen atoms in total. The highest BCUT2D eigenvalue weighted by atomic mass is 32.1. The van der Waals surface area contributed by atoms with Gasteiger partial charge in [0, 0.05) is 30.5 Å². The molecule has 0 unspecified atom stereocenters. The van der Waals surface area contributed by atoms with E-state index in [0.29, 0.717) is 5.92 Å². The Morgan fingerprint density at radius 3 is 3.15 bits per heavy atom. The van der Waals surface area contributed by atoms with Gasteiger partial charge in [0.25, 0.3) is 0 Å². The van der Waals surface area contributed by atoms with Crippen molar-refractivity contribution in [3.63, 3.8) is 0 Å². The molecule has 0 amide bonds. The van der Waals surface area contributed by atoms with Crippen LogP contribution >= 0.6 is 11.3 Å². The molecule has 0 spiro atoms. The molecule has 4 heteroatoms. The van der Waals surface area contributed by atoms with Crippen LogP contribution in [0.25, 0.3) is 0 Å². The van der Waals surface area contributed by atoms with Crippen LogP contribution in [0, 0.1) is 5.92 Å². The molecule has 0 aliphatic heterocycles. The van der Waals surface area contributed by atoms with Crippen molar-refractivity contribution in [1.29, 1.82) is 0 Å². The van der Waals surface area contributed by atoms with E-state index in [1.54, 1.807) is 11.3 Å². The summed E-state index contributed by atoms with van der Waals surface area (Å²) in [6, 6.07) is 0. The number of thiazole rings is 1. The van der Waals surface area contributed by atoms with E-state index in [4.69, 9.17) is 5.73 Å². The van der Waals surface area contributed by atoms with E-state index in [0.717, 1.165) is 23.8 Å². The number of aromatic nitrogens is 1. The zero-order valence-corrected chi connectivity index (χ0v) is 8.26. The lowest BCUT2D eigenvalue weighted by Gasteiger charge is -1.95. The molecule has 2 rings (SSSR count). The van der Waals surface area contributed by atoms with Gasteiger partial charge in [-0.1, -0.05) is 0 Å². The van der Waals surface area contributed by atoms with Gasteiger partial charge in [-0.3, -0.25) is 4.99 Å². The Kier molecular flexibility index (Phi) is 2.59. The highest BCUT2D eigenvalue weighted by Gasteiger charge is 2.24. The third-order valence-electron chi connectivity index (χ3n) is 2.10. The van der Waals surface area contributed by atoms with Gasteiger partial charge in [-0.25, -0.2) is 4.98 Å². The molecule has 1 saturated carbocycles. The Labute approximate surface area is 81.7 Å². The third-order valence-corrected chi connectivity index (χ3v) is 2.94. The number of nitrogens with two attached hydrogens (primary N) is 1. The van der Waals surface area contributed by atoms with Gasteiger partial charge in [-0.05, 0) is 12.8 Å². The SMILES string of the molecule is NC(=NCCc1nccs1)C1CC1. The van der Waals surface area contributed by atoms with Crippen LogP contribution < -0.4 is 5.73 Å². The molecule has 0 bridgehead atoms. The number of amidine groups is 1. The van der Waals surface area contributed by atoms with Crippen LogP contribution in [0.4, 0.5) is 0 Å². The molecule has 70 valence electrons. The fraction of sp³-hybridized carbons (Fsp3) is 0.556. The molecule has 0 saturated heterocycles. The Bertz CT molecular complexity index is 288. The second-order valence-electron chi connectivity index (χ2n) is 3.26. The first-order chi connectivity index (χ1) is 6.36. The van der Waals surface area contributed by atoms with Gasteiger partial charge in [0.15, 0.2) is 0 Å². The second kappa shape index (κ2) is 3.87. The van der Waals surface area contributed by atoms with Crippen molar-refractivity contribution in [2.24, 2.45) is 16.6 Å². The third kappa shape index (κ3) is 2.52. The van der Waals surface area contributed by atoms with E-state index >= 15 is 0 Å². The summed E-state index contributed by atoms with van der Waals surface area (Å²) in [6.07, 6.45) is 5.21. The number of rotatable bonds is 4. The van der Waals surface area contributed by atoms with Crippen LogP contribution in [-0.4, -0.2) is 17.4 Å². The van der Waals surface area contributed by atoms with Crippen LogP contribution in [0.1, 0.15) is 17.8 Å². The Balaban J connectivity index is 1.76. The molecule has 1 aromatic heterocycles. The summed E-state index contributed by atoms with van der Waals surface area (Å²) in [5.74, 6) is 1.44. The lowest BCUT2D eigenvalue weighted by Crippen LogP contribution is -2.14. The van der Waals surface area contributed by atoms with E-state index in [2.05, 4.69) is 9.98 Å². The van der Waals surface area contributed by atoms with Crippen molar-refractivity contribution in [2.45, 2.75) is 19.3 Å². The van der Waals surface area contributed by atoms with E-state index in [9.17, 15) is 0 Å². The maximum absolute atomic E-state index is 5.75. The summed E-state index contributed by atoms with van der Waals surface area (Å²) in [5.41, 5.74) is 5.75. The second-order valence-corrected chi connectivity index (χ2v) is 4.24. The summed E-state index contributed by atoms with van der Waals surface area (Å²) >= 11 is 1.68. The smallest absolute Gasteiger partial charge is 0.0968 e. The normalized spacial score (nSPS) is 17.7. The van der Waals surface area contributed by atoms with Crippen molar-refractivity contribution in [3.8, 4) is 0 Å². The van der Waals surface area contributed by atoms with Crippen molar-refractivity contribution in [1.82, 2.24) is 4.98 Å². The largest absolute Gasteiger partial charge is 0.387 e. The van der Waals surface area contributed by atoms with E-state index in [-0.39, 0.29) is 0 Å². The van der Waals surface area contributed by atoms with Gasteiger partial charge in [0.05, 0.1) is 10.8 Å². The topological polar surface area (TPSA) is 51.3 Å². The summed E-state index contributed by atoms with van der Waals surface area (Å²) in [6.45, 7) is 0.788. The van der Waals surface area contributed by atoms with Crippen LogP contribution in [0.2, 0.25) is 0 Å². The zero-order chi connectivity index (χ0) is 9.10. The number of hydrogen-bond donors (Lipinski definition) is 1. The predicted molar refractivity (Wildman–Crippen MR) is 55.0 cm³/mol. The minimum Gasteiger partial charge on any atom is -0.387 e. The lowest BCUT2D eigenvalue weighted by molar-refractivity contribution is 0.935. The molecule has 0 aromatic carbocycles. The number of nitrogens with zero attached hydrogens (tertiary/aromatic N) is 2. The molecule has 0 radical (unpaired) electrons. The predicted octanol–water partition coefficient (Wildman–Crippen LogP) is 1.45. The molecule has 2 N–H and O–H groups in total. The standard InChI is InChI=1S/C9H13N3S/c10-9(7-1-2-7)12-4-3-8-11-5-6-13-8/h5-7H,1-4H2,(H2,10,12). The highest BCUT2D eigenvalue weighted by Crippen LogP contribution is 2.28. The van der Waals surface area contributed by atoms with Gasteiger partial charge < -0.3 is 5.73 Å². The Morgan fingerprint density at radius 1 is 1.69 bits per heavy atom. The molecular formula is C9H13N3S. The maximum Gasteiger partial charge on any atom is 0.0968 e. The van der Waals surface area contributed by atoms with Gasteiger partial charge in [0.2, 0.25) is 0 Å². The van der Waals surface area contributed by atoms with Crippen LogP contribution in [-0.2, 0) is 6.42 Å². The summed E-state index contributed by atoms with van der Waals surface area (Å²) in [4.78, 5) is 8.50. The first-order valence-electron chi connectivity index (χ1n) is 4.54. The lowest BCUT2D eigenvalue weighted by atomic mass is 10.4. The van der Waals surface area contributed by atoms with E-state index in [1.165, 1.54) is 12.8 Å². The van der Waals surface area contributed by atoms with Gasteiger partial charge in [-0.15, -0.1) is 11.3 Å². The van der Waals surface area contributed by atoms with Crippen molar-refractivity contribution in [2.75, 3.05) is 6.54 Å². The van der Waals surface area contributed by atoms with Crippen LogP contribution in [0.5, 0.6) is 0 Å². The molecule has 1 fully saturated rings. The maximum atomic E-state index is 5.75. The van der Waals surface area contributed by atoms with Crippen LogP contribution in [0.15, 0.2) is 16.6 Å². The zero-order valence-electron chi connectivity index (χ0n) is 7.44. The van der Waals surface area contributed by atoms with Gasteiger partial charge in [0.1, 0.15) is 0 Å². The average molecular weight is 195 g/mol.